The van der Waals surface area contributed by atoms with Crippen molar-refractivity contribution in [1.82, 2.24) is 4.57 Å². The third-order valence-corrected chi connectivity index (χ3v) is 20.5. The van der Waals surface area contributed by atoms with Gasteiger partial charge in [-0.1, -0.05) is 218 Å². The van der Waals surface area contributed by atoms with E-state index >= 15 is 0 Å². The number of hydrogen-bond acceptors (Lipinski definition) is 4. The molecule has 10 aromatic carbocycles. The van der Waals surface area contributed by atoms with Gasteiger partial charge in [-0.3, -0.25) is 0 Å². The number of para-hydroxylation sites is 1. The number of hydrogen-bond donors (Lipinski definition) is 0. The maximum absolute atomic E-state index is 2.71. The minimum Gasteiger partial charge on any atom is -0.311 e. The molecule has 0 fully saturated rings. The first-order valence-corrected chi connectivity index (χ1v) is 32.1. The lowest BCUT2D eigenvalue weighted by atomic mass is 9.33. The summed E-state index contributed by atoms with van der Waals surface area (Å²) in [6.45, 7) is 32.4. The third kappa shape index (κ3) is 8.59. The molecule has 2 aromatic heterocycles. The Morgan fingerprint density at radius 1 is 0.391 bits per heavy atom. The van der Waals surface area contributed by atoms with Gasteiger partial charge in [0.1, 0.15) is 0 Å². The van der Waals surface area contributed by atoms with Crippen molar-refractivity contribution in [2.75, 3.05) is 14.7 Å². The molecule has 0 saturated heterocycles. The van der Waals surface area contributed by atoms with Crippen molar-refractivity contribution < 1.29 is 0 Å². The molecule has 430 valence electrons. The van der Waals surface area contributed by atoms with Crippen LogP contribution in [0.15, 0.2) is 212 Å². The first-order chi connectivity index (χ1) is 41.4. The number of rotatable bonds is 7. The second-order valence-corrected chi connectivity index (χ2v) is 30.6. The smallest absolute Gasteiger partial charge is 0.252 e. The van der Waals surface area contributed by atoms with E-state index in [1.165, 1.54) is 115 Å². The summed E-state index contributed by atoms with van der Waals surface area (Å²) in [6, 6.07) is 82.3. The highest BCUT2D eigenvalue weighted by atomic mass is 32.1. The quantitative estimate of drug-likeness (QED) is 0.148. The molecule has 0 bridgehead atoms. The number of thiophene rings is 1. The molecule has 4 nitrogen and oxygen atoms in total. The molecule has 3 aliphatic rings. The van der Waals surface area contributed by atoms with Gasteiger partial charge in [0.05, 0.1) is 17.1 Å². The average Bonchev–Trinajstić information content (AvgIpc) is 1.58. The van der Waals surface area contributed by atoms with Gasteiger partial charge in [-0.15, -0.1) is 11.3 Å². The minimum atomic E-state index is -0.238. The van der Waals surface area contributed by atoms with Gasteiger partial charge in [-0.2, -0.15) is 0 Å². The monoisotopic (exact) mass is 1150 g/mol. The van der Waals surface area contributed by atoms with Crippen LogP contribution in [-0.4, -0.2) is 11.3 Å². The molecule has 15 rings (SSSR count). The van der Waals surface area contributed by atoms with Crippen LogP contribution < -0.4 is 31.1 Å². The number of nitrogens with zero attached hydrogens (tertiary/aromatic N) is 4. The molecule has 0 atom stereocenters. The summed E-state index contributed by atoms with van der Waals surface area (Å²) in [5.41, 5.74) is 27.0. The van der Waals surface area contributed by atoms with Crippen molar-refractivity contribution in [3.63, 3.8) is 0 Å². The maximum Gasteiger partial charge on any atom is 0.252 e. The van der Waals surface area contributed by atoms with E-state index in [0.717, 1.165) is 34.1 Å². The van der Waals surface area contributed by atoms with Crippen LogP contribution in [0.2, 0.25) is 0 Å². The summed E-state index contributed by atoms with van der Waals surface area (Å²) in [4.78, 5) is 7.69. The van der Waals surface area contributed by atoms with Gasteiger partial charge in [0.15, 0.2) is 0 Å². The molecular weight excluding hydrogens is 1070 g/mol. The number of fused-ring (bicyclic) bond motifs is 12. The van der Waals surface area contributed by atoms with Crippen LogP contribution in [0.5, 0.6) is 0 Å². The predicted molar refractivity (Wildman–Crippen MR) is 377 cm³/mol. The van der Waals surface area contributed by atoms with Crippen LogP contribution in [0, 0.1) is 0 Å². The zero-order chi connectivity index (χ0) is 60.4. The van der Waals surface area contributed by atoms with Gasteiger partial charge in [0, 0.05) is 87.6 Å². The summed E-state index contributed by atoms with van der Waals surface area (Å²) in [7, 11) is 0. The lowest BCUT2D eigenvalue weighted by Crippen LogP contribution is -2.60. The van der Waals surface area contributed by atoms with Crippen molar-refractivity contribution >= 4 is 117 Å². The van der Waals surface area contributed by atoms with Crippen molar-refractivity contribution in [2.24, 2.45) is 0 Å². The molecular formula is C81H77BN4S. The normalized spacial score (nSPS) is 14.1. The maximum atomic E-state index is 2.71. The predicted octanol–water partition coefficient (Wildman–Crippen LogP) is 21.0. The largest absolute Gasteiger partial charge is 0.311 e. The van der Waals surface area contributed by atoms with Crippen LogP contribution in [0.4, 0.5) is 51.2 Å². The first-order valence-electron chi connectivity index (χ1n) is 31.3. The van der Waals surface area contributed by atoms with E-state index in [1.807, 2.05) is 11.3 Å². The molecule has 0 N–H and O–H groups in total. The van der Waals surface area contributed by atoms with Crippen molar-refractivity contribution in [2.45, 2.75) is 124 Å². The lowest BCUT2D eigenvalue weighted by molar-refractivity contribution is 0.590. The molecule has 0 amide bonds. The van der Waals surface area contributed by atoms with E-state index < -0.39 is 0 Å². The molecule has 87 heavy (non-hydrogen) atoms. The zero-order valence-electron chi connectivity index (χ0n) is 53.0. The topological polar surface area (TPSA) is 14.7 Å². The van der Waals surface area contributed by atoms with Gasteiger partial charge in [-0.25, -0.2) is 0 Å². The van der Waals surface area contributed by atoms with Crippen molar-refractivity contribution in [3.8, 4) is 16.9 Å². The van der Waals surface area contributed by atoms with Crippen LogP contribution in [0.3, 0.4) is 0 Å². The Morgan fingerprint density at radius 3 is 1.41 bits per heavy atom. The molecule has 0 spiro atoms. The molecule has 0 saturated carbocycles. The second kappa shape index (κ2) is 19.2. The van der Waals surface area contributed by atoms with Crippen LogP contribution in [-0.2, 0) is 27.1 Å². The van der Waals surface area contributed by atoms with E-state index in [2.05, 4.69) is 329 Å². The fourth-order valence-electron chi connectivity index (χ4n) is 14.8. The van der Waals surface area contributed by atoms with Crippen molar-refractivity contribution in [3.05, 3.63) is 246 Å². The van der Waals surface area contributed by atoms with Gasteiger partial charge in [-0.05, 0) is 162 Å². The SMILES string of the molecule is CC(C)(C)c1ccc(N(c2ccc(C(C)(C)C)cc2)c2ccc3c(c2)N(c2cccc4sc5ccccc5c24)c2cc(N(c4ccc(C(C)(C)C)cc4)c4ccc(C(C)(C)C)cc4)cc4c2B3c2cccc3c5c(n-4c23)-c2ccccc2C5(C)C)cc1. The summed E-state index contributed by atoms with van der Waals surface area (Å²) in [5.74, 6) is 0. The molecule has 0 unspecified atom stereocenters. The fraction of sp³-hybridized carbons (Fsp3) is 0.235. The fourth-order valence-corrected chi connectivity index (χ4v) is 15.9. The number of aromatic nitrogens is 1. The molecule has 1 aliphatic carbocycles. The number of benzene rings is 10. The summed E-state index contributed by atoms with van der Waals surface area (Å²) >= 11 is 1.89. The molecule has 2 aliphatic heterocycles. The Kier molecular flexibility index (Phi) is 12.2. The highest BCUT2D eigenvalue weighted by Gasteiger charge is 2.48. The standard InChI is InChI=1S/C81H77BN4S/c1-77(2,3)50-29-37-54(38-30-50)83(55-39-31-51(32-40-55)78(4,5)6)58-45-46-64-67(47-58)85(66-26-20-28-71-72(66)61-22-16-18-27-70(61)87-71)68-48-59(84(56-41-33-52(34-42-56)79(7,8)9)57-43-35-53(36-44-57)80(10,11)12)49-69-74(68)82(64)65-25-19-23-62-73-76(86(69)75(62)65)60-21-15-17-24-63(60)81(73,13)14/h15-49H,1-14H3. The van der Waals surface area contributed by atoms with E-state index in [4.69, 9.17) is 0 Å². The Balaban J connectivity index is 1.08. The lowest BCUT2D eigenvalue weighted by Gasteiger charge is -2.42. The van der Waals surface area contributed by atoms with Crippen LogP contribution in [0.25, 0.3) is 48.0 Å². The Hall–Kier alpha value is -8.58. The second-order valence-electron chi connectivity index (χ2n) is 29.5. The molecule has 12 aromatic rings. The van der Waals surface area contributed by atoms with E-state index in [9.17, 15) is 0 Å². The Morgan fingerprint density at radius 2 is 0.851 bits per heavy atom. The average molecular weight is 1150 g/mol. The van der Waals surface area contributed by atoms with E-state index in [1.54, 1.807) is 0 Å². The van der Waals surface area contributed by atoms with Crippen LogP contribution >= 0.6 is 11.3 Å². The minimum absolute atomic E-state index is 0.00527. The highest BCUT2D eigenvalue weighted by Crippen LogP contribution is 2.56. The van der Waals surface area contributed by atoms with Gasteiger partial charge in [0.25, 0.3) is 6.71 Å². The van der Waals surface area contributed by atoms with Crippen molar-refractivity contribution in [1.29, 1.82) is 0 Å². The van der Waals surface area contributed by atoms with Crippen LogP contribution in [0.1, 0.15) is 130 Å². The summed E-state index contributed by atoms with van der Waals surface area (Å²) in [5, 5.41) is 3.86. The molecule has 0 radical (unpaired) electrons. The first kappa shape index (κ1) is 55.0. The van der Waals surface area contributed by atoms with Gasteiger partial charge < -0.3 is 19.3 Å². The third-order valence-electron chi connectivity index (χ3n) is 19.4. The van der Waals surface area contributed by atoms with Gasteiger partial charge >= 0.3 is 0 Å². The molecule has 6 heteroatoms. The Labute approximate surface area is 519 Å². The van der Waals surface area contributed by atoms with E-state index in [0.29, 0.717) is 0 Å². The summed E-state index contributed by atoms with van der Waals surface area (Å²) in [6.07, 6.45) is 0. The summed E-state index contributed by atoms with van der Waals surface area (Å²) < 4.78 is 5.26. The zero-order valence-corrected chi connectivity index (χ0v) is 53.8. The highest BCUT2D eigenvalue weighted by molar-refractivity contribution is 7.26. The van der Waals surface area contributed by atoms with Gasteiger partial charge in [0.2, 0.25) is 0 Å². The Bertz CT molecular complexity index is 4630. The number of anilines is 9. The molecule has 4 heterocycles. The van der Waals surface area contributed by atoms with E-state index in [-0.39, 0.29) is 33.8 Å².